The first-order valence-corrected chi connectivity index (χ1v) is 11.7. The molecule has 0 unspecified atom stereocenters. The van der Waals surface area contributed by atoms with Crippen LogP contribution in [0.1, 0.15) is 24.2 Å². The zero-order valence-corrected chi connectivity index (χ0v) is 18.3. The van der Waals surface area contributed by atoms with Crippen LogP contribution in [-0.4, -0.2) is 36.7 Å². The van der Waals surface area contributed by atoms with Crippen LogP contribution in [0.15, 0.2) is 58.8 Å². The molecule has 0 radical (unpaired) electrons. The molecule has 0 saturated heterocycles. The Bertz CT molecular complexity index is 1110. The van der Waals surface area contributed by atoms with E-state index in [4.69, 9.17) is 11.6 Å². The Kier molecular flexibility index (Phi) is 6.69. The second-order valence-corrected chi connectivity index (χ2v) is 9.35. The molecule has 0 atom stereocenters. The topological polar surface area (TPSA) is 79.4 Å². The van der Waals surface area contributed by atoms with E-state index in [1.54, 1.807) is 38.1 Å². The van der Waals surface area contributed by atoms with Gasteiger partial charge in [-0.1, -0.05) is 43.6 Å². The summed E-state index contributed by atoms with van der Waals surface area (Å²) in [6, 6.07) is 13.3. The Morgan fingerprint density at radius 1 is 1.14 bits per heavy atom. The van der Waals surface area contributed by atoms with Gasteiger partial charge in [0.25, 0.3) is 5.91 Å². The zero-order chi connectivity index (χ0) is 21.0. The molecule has 29 heavy (non-hydrogen) atoms. The van der Waals surface area contributed by atoms with Crippen LogP contribution in [0.3, 0.4) is 0 Å². The molecule has 0 fully saturated rings. The van der Waals surface area contributed by atoms with Crippen LogP contribution >= 0.6 is 22.9 Å². The summed E-state index contributed by atoms with van der Waals surface area (Å²) in [5, 5.41) is 5.63. The molecule has 1 heterocycles. The molecule has 1 aromatic heterocycles. The third-order valence-corrected chi connectivity index (χ3v) is 7.36. The summed E-state index contributed by atoms with van der Waals surface area (Å²) >= 11 is 7.19. The van der Waals surface area contributed by atoms with Crippen LogP contribution in [0.4, 0.5) is 5.13 Å². The van der Waals surface area contributed by atoms with Crippen molar-refractivity contribution in [1.29, 1.82) is 0 Å². The van der Waals surface area contributed by atoms with E-state index in [0.29, 0.717) is 23.2 Å². The van der Waals surface area contributed by atoms with Gasteiger partial charge in [0.05, 0.1) is 10.6 Å². The van der Waals surface area contributed by atoms with Gasteiger partial charge < -0.3 is 0 Å². The van der Waals surface area contributed by atoms with Crippen molar-refractivity contribution in [3.8, 4) is 11.3 Å². The molecule has 0 aliphatic rings. The molecule has 3 rings (SSSR count). The lowest BCUT2D eigenvalue weighted by Gasteiger charge is -2.18. The van der Waals surface area contributed by atoms with Gasteiger partial charge in [-0.25, -0.2) is 13.4 Å². The van der Waals surface area contributed by atoms with Crippen molar-refractivity contribution in [2.24, 2.45) is 0 Å². The molecule has 6 nitrogen and oxygen atoms in total. The molecule has 0 aliphatic heterocycles. The minimum absolute atomic E-state index is 0.0924. The quantitative estimate of drug-likeness (QED) is 0.564. The average Bonchev–Trinajstić information content (AvgIpc) is 3.17. The number of hydrogen-bond donors (Lipinski definition) is 1. The fourth-order valence-corrected chi connectivity index (χ4v) is 5.11. The van der Waals surface area contributed by atoms with E-state index in [0.717, 1.165) is 11.3 Å². The number of carbonyl (C=O) groups is 1. The van der Waals surface area contributed by atoms with Gasteiger partial charge in [-0.15, -0.1) is 11.3 Å². The predicted molar refractivity (Wildman–Crippen MR) is 117 cm³/mol. The van der Waals surface area contributed by atoms with E-state index in [1.165, 1.54) is 27.8 Å². The number of halogens is 1. The predicted octanol–water partition coefficient (Wildman–Crippen LogP) is 4.75. The van der Waals surface area contributed by atoms with Crippen molar-refractivity contribution in [3.05, 3.63) is 64.5 Å². The Morgan fingerprint density at radius 3 is 2.48 bits per heavy atom. The molecular weight excluding hydrogens is 430 g/mol. The van der Waals surface area contributed by atoms with Crippen molar-refractivity contribution in [2.75, 3.05) is 18.4 Å². The van der Waals surface area contributed by atoms with Gasteiger partial charge in [-0.3, -0.25) is 10.1 Å². The maximum Gasteiger partial charge on any atom is 0.257 e. The van der Waals surface area contributed by atoms with Crippen LogP contribution in [-0.2, 0) is 10.0 Å². The van der Waals surface area contributed by atoms with Crippen molar-refractivity contribution in [2.45, 2.75) is 18.7 Å². The molecular formula is C20H20ClN3O3S2. The van der Waals surface area contributed by atoms with Gasteiger partial charge in [0.1, 0.15) is 0 Å². The number of rotatable bonds is 7. The Labute approximate surface area is 179 Å². The highest BCUT2D eigenvalue weighted by Gasteiger charge is 2.22. The van der Waals surface area contributed by atoms with Gasteiger partial charge in [0.15, 0.2) is 5.13 Å². The van der Waals surface area contributed by atoms with Crippen LogP contribution in [0.5, 0.6) is 0 Å². The second kappa shape index (κ2) is 9.04. The lowest BCUT2D eigenvalue weighted by molar-refractivity contribution is 0.102. The monoisotopic (exact) mass is 449 g/mol. The summed E-state index contributed by atoms with van der Waals surface area (Å²) in [5.74, 6) is -0.418. The molecule has 2 aromatic carbocycles. The van der Waals surface area contributed by atoms with Gasteiger partial charge >= 0.3 is 0 Å². The first-order valence-electron chi connectivity index (χ1n) is 8.98. The highest BCUT2D eigenvalue weighted by molar-refractivity contribution is 7.89. The van der Waals surface area contributed by atoms with E-state index >= 15 is 0 Å². The van der Waals surface area contributed by atoms with E-state index in [2.05, 4.69) is 10.3 Å². The lowest BCUT2D eigenvalue weighted by Crippen LogP contribution is -2.30. The fraction of sp³-hybridized carbons (Fsp3) is 0.200. The van der Waals surface area contributed by atoms with E-state index in [1.807, 2.05) is 17.5 Å². The largest absolute Gasteiger partial charge is 0.298 e. The summed E-state index contributed by atoms with van der Waals surface area (Å²) in [5.41, 5.74) is 1.86. The molecule has 1 N–H and O–H groups in total. The van der Waals surface area contributed by atoms with E-state index < -0.39 is 15.9 Å². The molecule has 152 valence electrons. The number of anilines is 1. The highest BCUT2D eigenvalue weighted by atomic mass is 35.5. The molecule has 0 saturated carbocycles. The Balaban J connectivity index is 1.79. The standard InChI is InChI=1S/C20H20ClN3O3S2/c1-3-24(4-2)29(26,27)17-7-5-6-15(12-17)19(25)23-20-22-18(13-28-20)14-8-10-16(21)11-9-14/h5-13H,3-4H2,1-2H3,(H,22,23,25). The number of nitrogens with one attached hydrogen (secondary N) is 1. The van der Waals surface area contributed by atoms with Gasteiger partial charge in [0, 0.05) is 34.6 Å². The minimum Gasteiger partial charge on any atom is -0.298 e. The van der Waals surface area contributed by atoms with Crippen molar-refractivity contribution in [1.82, 2.24) is 9.29 Å². The number of carbonyl (C=O) groups excluding carboxylic acids is 1. The summed E-state index contributed by atoms with van der Waals surface area (Å²) < 4.78 is 26.7. The van der Waals surface area contributed by atoms with Crippen LogP contribution in [0.2, 0.25) is 5.02 Å². The number of hydrogen-bond acceptors (Lipinski definition) is 5. The Morgan fingerprint density at radius 2 is 1.83 bits per heavy atom. The molecule has 1 amide bonds. The molecule has 0 spiro atoms. The summed E-state index contributed by atoms with van der Waals surface area (Å²) in [7, 11) is -3.64. The summed E-state index contributed by atoms with van der Waals surface area (Å²) in [6.45, 7) is 4.28. The fourth-order valence-electron chi connectivity index (χ4n) is 2.76. The maximum absolute atomic E-state index is 12.7. The van der Waals surface area contributed by atoms with Crippen molar-refractivity contribution >= 4 is 44.0 Å². The SMILES string of the molecule is CCN(CC)S(=O)(=O)c1cccc(C(=O)Nc2nc(-c3ccc(Cl)cc3)cs2)c1. The number of aromatic nitrogens is 1. The number of nitrogens with zero attached hydrogens (tertiary/aromatic N) is 2. The average molecular weight is 450 g/mol. The Hall–Kier alpha value is -2.26. The van der Waals surface area contributed by atoms with Gasteiger partial charge in [0.2, 0.25) is 10.0 Å². The maximum atomic E-state index is 12.7. The number of thiazole rings is 1. The molecule has 0 aliphatic carbocycles. The van der Waals surface area contributed by atoms with Crippen LogP contribution in [0.25, 0.3) is 11.3 Å². The normalized spacial score (nSPS) is 11.6. The van der Waals surface area contributed by atoms with Gasteiger partial charge in [-0.05, 0) is 30.3 Å². The second-order valence-electron chi connectivity index (χ2n) is 6.12. The first kappa shape index (κ1) is 21.4. The van der Waals surface area contributed by atoms with Crippen LogP contribution in [0, 0.1) is 0 Å². The van der Waals surface area contributed by atoms with E-state index in [9.17, 15) is 13.2 Å². The number of benzene rings is 2. The third-order valence-electron chi connectivity index (χ3n) is 4.30. The molecule has 9 heteroatoms. The highest BCUT2D eigenvalue weighted by Crippen LogP contribution is 2.26. The number of sulfonamides is 1. The van der Waals surface area contributed by atoms with Crippen LogP contribution < -0.4 is 5.32 Å². The molecule has 0 bridgehead atoms. The zero-order valence-electron chi connectivity index (χ0n) is 15.9. The lowest BCUT2D eigenvalue weighted by atomic mass is 10.2. The van der Waals surface area contributed by atoms with E-state index in [-0.39, 0.29) is 10.5 Å². The summed E-state index contributed by atoms with van der Waals surface area (Å²) in [4.78, 5) is 17.1. The smallest absolute Gasteiger partial charge is 0.257 e. The molecule has 3 aromatic rings. The first-order chi connectivity index (χ1) is 13.8. The minimum atomic E-state index is -3.64. The van der Waals surface area contributed by atoms with Crippen molar-refractivity contribution in [3.63, 3.8) is 0 Å². The summed E-state index contributed by atoms with van der Waals surface area (Å²) in [6.07, 6.45) is 0. The number of amides is 1. The third kappa shape index (κ3) is 4.84. The van der Waals surface area contributed by atoms with Crippen molar-refractivity contribution < 1.29 is 13.2 Å². The van der Waals surface area contributed by atoms with Gasteiger partial charge in [-0.2, -0.15) is 4.31 Å².